The molecule has 0 aliphatic heterocycles. The van der Waals surface area contributed by atoms with Gasteiger partial charge in [-0.05, 0) is 28.8 Å². The van der Waals surface area contributed by atoms with Crippen LogP contribution in [0.2, 0.25) is 0 Å². The predicted octanol–water partition coefficient (Wildman–Crippen LogP) is 4.21. The van der Waals surface area contributed by atoms with Crippen LogP contribution < -0.4 is 11.1 Å². The number of alkyl halides is 2. The van der Waals surface area contributed by atoms with Crippen LogP contribution in [0.25, 0.3) is 0 Å². The second-order valence-electron chi connectivity index (χ2n) is 7.15. The molecular formula is C24H23F3N2O2. The lowest BCUT2D eigenvalue weighted by molar-refractivity contribution is -0.262. The van der Waals surface area contributed by atoms with Crippen LogP contribution in [-0.4, -0.2) is 24.7 Å². The van der Waals surface area contributed by atoms with Gasteiger partial charge < -0.3 is 15.8 Å². The smallest absolute Gasteiger partial charge is 0.350 e. The molecule has 31 heavy (non-hydrogen) atoms. The van der Waals surface area contributed by atoms with Crippen molar-refractivity contribution < 1.29 is 22.7 Å². The third-order valence-electron chi connectivity index (χ3n) is 5.20. The van der Waals surface area contributed by atoms with Crippen molar-refractivity contribution in [3.8, 4) is 0 Å². The predicted molar refractivity (Wildman–Crippen MR) is 112 cm³/mol. The average molecular weight is 428 g/mol. The molecule has 0 radical (unpaired) electrons. The zero-order chi connectivity index (χ0) is 22.5. The van der Waals surface area contributed by atoms with Crippen LogP contribution in [-0.2, 0) is 16.1 Å². The Morgan fingerprint density at radius 1 is 0.935 bits per heavy atom. The molecule has 1 unspecified atom stereocenters. The van der Waals surface area contributed by atoms with Crippen LogP contribution in [0.4, 0.5) is 13.2 Å². The Bertz CT molecular complexity index is 959. The number of methoxy groups -OCH3 is 1. The lowest BCUT2D eigenvalue weighted by Gasteiger charge is -2.40. The van der Waals surface area contributed by atoms with E-state index in [4.69, 9.17) is 5.73 Å². The van der Waals surface area contributed by atoms with Crippen molar-refractivity contribution in [2.24, 2.45) is 5.73 Å². The largest absolute Gasteiger partial charge is 0.383 e. The SMILES string of the molecule is COC(F)(F)C(N)(C(=O)NCc1ccc(F)cc1)C(c1ccccc1)c1ccccc1. The Hall–Kier alpha value is -3.16. The highest BCUT2D eigenvalue weighted by Gasteiger charge is 2.62. The summed E-state index contributed by atoms with van der Waals surface area (Å²) in [6, 6.07) is 22.1. The van der Waals surface area contributed by atoms with E-state index in [0.29, 0.717) is 16.7 Å². The summed E-state index contributed by atoms with van der Waals surface area (Å²) in [6.45, 7) is -0.103. The Kier molecular flexibility index (Phi) is 6.77. The number of ether oxygens (including phenoxy) is 1. The van der Waals surface area contributed by atoms with Gasteiger partial charge in [-0.2, -0.15) is 8.78 Å². The molecule has 1 atom stereocenters. The maximum Gasteiger partial charge on any atom is 0.383 e. The number of benzene rings is 3. The molecule has 0 aromatic heterocycles. The molecular weight excluding hydrogens is 405 g/mol. The van der Waals surface area contributed by atoms with E-state index in [1.807, 2.05) is 0 Å². The summed E-state index contributed by atoms with van der Waals surface area (Å²) in [6.07, 6.45) is -4.00. The van der Waals surface area contributed by atoms with Gasteiger partial charge in [-0.1, -0.05) is 72.8 Å². The van der Waals surface area contributed by atoms with Crippen molar-refractivity contribution in [1.29, 1.82) is 0 Å². The van der Waals surface area contributed by atoms with Gasteiger partial charge >= 0.3 is 6.11 Å². The minimum absolute atomic E-state index is 0.103. The first-order valence-electron chi connectivity index (χ1n) is 9.64. The van der Waals surface area contributed by atoms with Crippen molar-refractivity contribution in [3.05, 3.63) is 107 Å². The average Bonchev–Trinajstić information content (AvgIpc) is 2.79. The van der Waals surface area contributed by atoms with Gasteiger partial charge in [0.05, 0.1) is 0 Å². The molecule has 162 valence electrons. The Labute approximate surface area is 178 Å². The molecule has 0 aliphatic rings. The number of amides is 1. The first-order chi connectivity index (χ1) is 14.8. The highest BCUT2D eigenvalue weighted by Crippen LogP contribution is 2.43. The van der Waals surface area contributed by atoms with Crippen molar-refractivity contribution in [2.75, 3.05) is 7.11 Å². The maximum atomic E-state index is 15.2. The lowest BCUT2D eigenvalue weighted by atomic mass is 9.73. The van der Waals surface area contributed by atoms with E-state index in [-0.39, 0.29) is 6.54 Å². The standard InChI is InChI=1S/C24H23F3N2O2/c1-31-24(26,27)23(28,22(30)29-16-17-12-14-20(25)15-13-17)21(18-8-4-2-5-9-18)19-10-6-3-7-11-19/h2-15,21H,16,28H2,1H3,(H,29,30). The number of carbonyl (C=O) groups is 1. The van der Waals surface area contributed by atoms with Crippen LogP contribution in [0.3, 0.4) is 0 Å². The summed E-state index contributed by atoms with van der Waals surface area (Å²) >= 11 is 0. The number of nitrogens with one attached hydrogen (secondary N) is 1. The third-order valence-corrected chi connectivity index (χ3v) is 5.20. The molecule has 0 spiro atoms. The quantitative estimate of drug-likeness (QED) is 0.565. The highest BCUT2D eigenvalue weighted by atomic mass is 19.3. The van der Waals surface area contributed by atoms with E-state index in [0.717, 1.165) is 7.11 Å². The summed E-state index contributed by atoms with van der Waals surface area (Å²) < 4.78 is 48.0. The fraction of sp³-hybridized carbons (Fsp3) is 0.208. The molecule has 0 saturated carbocycles. The molecule has 0 heterocycles. The number of halogens is 3. The summed E-state index contributed by atoms with van der Waals surface area (Å²) in [5.41, 5.74) is 4.91. The number of nitrogens with two attached hydrogens (primary N) is 1. The molecule has 3 aromatic rings. The second kappa shape index (κ2) is 9.32. The molecule has 7 heteroatoms. The van der Waals surface area contributed by atoms with Crippen LogP contribution in [0, 0.1) is 5.82 Å². The van der Waals surface area contributed by atoms with Gasteiger partial charge in [0, 0.05) is 19.6 Å². The normalized spacial score (nSPS) is 13.6. The van der Waals surface area contributed by atoms with Crippen LogP contribution in [0.5, 0.6) is 0 Å². The van der Waals surface area contributed by atoms with Crippen molar-refractivity contribution in [1.82, 2.24) is 5.32 Å². The van der Waals surface area contributed by atoms with Crippen molar-refractivity contribution >= 4 is 5.91 Å². The summed E-state index contributed by atoms with van der Waals surface area (Å²) in [5.74, 6) is -2.75. The number of hydrogen-bond acceptors (Lipinski definition) is 3. The van der Waals surface area contributed by atoms with E-state index in [1.54, 1.807) is 60.7 Å². The minimum Gasteiger partial charge on any atom is -0.350 e. The molecule has 3 rings (SSSR count). The molecule has 0 bridgehead atoms. The van der Waals surface area contributed by atoms with Gasteiger partial charge in [0.1, 0.15) is 5.82 Å². The Balaban J connectivity index is 2.06. The van der Waals surface area contributed by atoms with Gasteiger partial charge in [0.2, 0.25) is 5.91 Å². The van der Waals surface area contributed by atoms with E-state index < -0.39 is 29.3 Å². The summed E-state index contributed by atoms with van der Waals surface area (Å²) in [4.78, 5) is 13.2. The van der Waals surface area contributed by atoms with Crippen LogP contribution >= 0.6 is 0 Å². The van der Waals surface area contributed by atoms with Crippen molar-refractivity contribution in [2.45, 2.75) is 24.1 Å². The maximum absolute atomic E-state index is 15.2. The monoisotopic (exact) mass is 428 g/mol. The fourth-order valence-electron chi connectivity index (χ4n) is 3.54. The van der Waals surface area contributed by atoms with Gasteiger partial charge in [0.25, 0.3) is 0 Å². The van der Waals surface area contributed by atoms with E-state index >= 15 is 8.78 Å². The Morgan fingerprint density at radius 3 is 1.87 bits per heavy atom. The van der Waals surface area contributed by atoms with E-state index in [1.165, 1.54) is 24.3 Å². The fourth-order valence-corrected chi connectivity index (χ4v) is 3.54. The zero-order valence-electron chi connectivity index (χ0n) is 16.9. The molecule has 0 aliphatic carbocycles. The lowest BCUT2D eigenvalue weighted by Crippen LogP contribution is -2.68. The van der Waals surface area contributed by atoms with Crippen molar-refractivity contribution in [3.63, 3.8) is 0 Å². The van der Waals surface area contributed by atoms with Gasteiger partial charge in [-0.3, -0.25) is 4.79 Å². The summed E-state index contributed by atoms with van der Waals surface area (Å²) in [7, 11) is 0.807. The summed E-state index contributed by atoms with van der Waals surface area (Å²) in [5, 5.41) is 2.47. The van der Waals surface area contributed by atoms with Gasteiger partial charge in [-0.25, -0.2) is 4.39 Å². The van der Waals surface area contributed by atoms with Gasteiger partial charge in [-0.15, -0.1) is 0 Å². The van der Waals surface area contributed by atoms with E-state index in [2.05, 4.69) is 10.1 Å². The molecule has 0 fully saturated rings. The Morgan fingerprint density at radius 2 is 1.42 bits per heavy atom. The van der Waals surface area contributed by atoms with E-state index in [9.17, 15) is 9.18 Å². The topological polar surface area (TPSA) is 64.3 Å². The molecule has 3 aromatic carbocycles. The number of hydrogen-bond donors (Lipinski definition) is 2. The number of rotatable bonds is 8. The zero-order valence-corrected chi connectivity index (χ0v) is 16.9. The third kappa shape index (κ3) is 4.62. The first kappa shape index (κ1) is 22.5. The number of carbonyl (C=O) groups excluding carboxylic acids is 1. The molecule has 0 saturated heterocycles. The molecule has 4 nitrogen and oxygen atoms in total. The van der Waals surface area contributed by atoms with Crippen LogP contribution in [0.15, 0.2) is 84.9 Å². The first-order valence-corrected chi connectivity index (χ1v) is 9.64. The highest BCUT2D eigenvalue weighted by molar-refractivity contribution is 5.89. The molecule has 3 N–H and O–H groups in total. The van der Waals surface area contributed by atoms with Crippen LogP contribution in [0.1, 0.15) is 22.6 Å². The second-order valence-corrected chi connectivity index (χ2v) is 7.15. The molecule has 1 amide bonds. The van der Waals surface area contributed by atoms with Gasteiger partial charge in [0.15, 0.2) is 5.54 Å². The minimum atomic E-state index is -4.00.